The quantitative estimate of drug-likeness (QED) is 0.261. The van der Waals surface area contributed by atoms with Crippen LogP contribution in [0.5, 0.6) is 0 Å². The van der Waals surface area contributed by atoms with Crippen molar-refractivity contribution in [3.63, 3.8) is 0 Å². The van der Waals surface area contributed by atoms with E-state index in [1.54, 1.807) is 29.8 Å². The molecule has 8 rings (SSSR count). The fourth-order valence-corrected chi connectivity index (χ4v) is 7.45. The summed E-state index contributed by atoms with van der Waals surface area (Å²) < 4.78 is 24.9. The lowest BCUT2D eigenvalue weighted by molar-refractivity contribution is -0.0691. The molecule has 2 fully saturated rings. The fourth-order valence-electron chi connectivity index (χ4n) is 7.45. The monoisotopic (exact) mass is 701 g/mol. The molecular formula is C35H40FN9O4S. The molecule has 2 aliphatic heterocycles. The van der Waals surface area contributed by atoms with Crippen LogP contribution in [0.2, 0.25) is 0 Å². The third-order valence-electron chi connectivity index (χ3n) is 10.1. The number of halogens is 1. The number of aryl methyl sites for hydroxylation is 2. The molecular weight excluding hydrogens is 662 g/mol. The molecule has 5 aromatic rings. The second kappa shape index (κ2) is 13.6. The minimum atomic E-state index is -0.657. The van der Waals surface area contributed by atoms with E-state index in [4.69, 9.17) is 4.74 Å². The number of hydrogen-bond acceptors (Lipinski definition) is 10. The Labute approximate surface area is 294 Å². The molecule has 262 valence electrons. The SMILES string of the molecule is C[C@H]1CN(C2COC2)CCN1c1ccc(Nc2cc(-c3ccnc(-n4ncn5c6c(c(F)c5c4=O)CCCC6)c3CO)cn(C)c2=O)nc1.S. The first-order valence-corrected chi connectivity index (χ1v) is 16.7. The van der Waals surface area contributed by atoms with Gasteiger partial charge in [0, 0.05) is 67.5 Å². The van der Waals surface area contributed by atoms with Crippen molar-refractivity contribution in [1.82, 2.24) is 33.6 Å². The van der Waals surface area contributed by atoms with E-state index in [1.165, 1.54) is 17.1 Å². The molecule has 15 heteroatoms. The Morgan fingerprint density at radius 1 is 1.08 bits per heavy atom. The summed E-state index contributed by atoms with van der Waals surface area (Å²) in [5.41, 5.74) is 3.08. The molecule has 1 atom stereocenters. The number of nitrogens with zero attached hydrogens (tertiary/aromatic N) is 8. The van der Waals surface area contributed by atoms with E-state index in [0.29, 0.717) is 53.0 Å². The highest BCUT2D eigenvalue weighted by Gasteiger charge is 2.32. The summed E-state index contributed by atoms with van der Waals surface area (Å²) in [7, 11) is 1.64. The summed E-state index contributed by atoms with van der Waals surface area (Å²) in [5, 5.41) is 18.1. The van der Waals surface area contributed by atoms with Crippen LogP contribution < -0.4 is 21.3 Å². The zero-order valence-electron chi connectivity index (χ0n) is 28.0. The highest BCUT2D eigenvalue weighted by Crippen LogP contribution is 2.31. The van der Waals surface area contributed by atoms with Crippen LogP contribution in [0.1, 0.15) is 36.6 Å². The number of rotatable bonds is 7. The molecule has 3 aliphatic rings. The Kier molecular flexibility index (Phi) is 9.24. The summed E-state index contributed by atoms with van der Waals surface area (Å²) in [6.45, 7) is 6.19. The Balaban J connectivity index is 0.00000392. The van der Waals surface area contributed by atoms with Crippen LogP contribution in [0.15, 0.2) is 58.8 Å². The first kappa shape index (κ1) is 33.9. The van der Waals surface area contributed by atoms with E-state index in [9.17, 15) is 14.7 Å². The summed E-state index contributed by atoms with van der Waals surface area (Å²) >= 11 is 0. The molecule has 2 N–H and O–H groups in total. The van der Waals surface area contributed by atoms with E-state index >= 15 is 4.39 Å². The second-order valence-corrected chi connectivity index (χ2v) is 13.1. The predicted octanol–water partition coefficient (Wildman–Crippen LogP) is 2.92. The molecule has 5 aromatic heterocycles. The Morgan fingerprint density at radius 2 is 1.90 bits per heavy atom. The summed E-state index contributed by atoms with van der Waals surface area (Å²) in [5.74, 6) is 0.0713. The van der Waals surface area contributed by atoms with E-state index < -0.39 is 18.0 Å². The van der Waals surface area contributed by atoms with Crippen molar-refractivity contribution in [2.24, 2.45) is 7.05 Å². The molecule has 0 unspecified atom stereocenters. The Bertz CT molecular complexity index is 2180. The van der Waals surface area contributed by atoms with Crippen molar-refractivity contribution in [1.29, 1.82) is 0 Å². The maximum absolute atomic E-state index is 15.5. The molecule has 0 radical (unpaired) electrons. The van der Waals surface area contributed by atoms with Crippen molar-refractivity contribution < 1.29 is 14.2 Å². The molecule has 0 amide bonds. The van der Waals surface area contributed by atoms with Gasteiger partial charge in [-0.3, -0.25) is 18.9 Å². The molecule has 50 heavy (non-hydrogen) atoms. The first-order valence-electron chi connectivity index (χ1n) is 16.7. The summed E-state index contributed by atoms with van der Waals surface area (Å²) in [4.78, 5) is 40.8. The number of fused-ring (bicyclic) bond motifs is 3. The van der Waals surface area contributed by atoms with Gasteiger partial charge < -0.3 is 24.6 Å². The van der Waals surface area contributed by atoms with Crippen LogP contribution in [0, 0.1) is 5.82 Å². The van der Waals surface area contributed by atoms with Gasteiger partial charge in [-0.25, -0.2) is 14.4 Å². The second-order valence-electron chi connectivity index (χ2n) is 13.1. The number of pyridine rings is 3. The van der Waals surface area contributed by atoms with Crippen LogP contribution in [0.25, 0.3) is 22.5 Å². The van der Waals surface area contributed by atoms with Crippen LogP contribution >= 0.6 is 13.5 Å². The number of hydrogen-bond donors (Lipinski definition) is 2. The molecule has 0 aromatic carbocycles. The Hall–Kier alpha value is -4.57. The molecule has 0 saturated carbocycles. The number of anilines is 3. The van der Waals surface area contributed by atoms with Gasteiger partial charge in [0.25, 0.3) is 11.1 Å². The number of ether oxygens (including phenoxy) is 1. The molecule has 0 spiro atoms. The maximum atomic E-state index is 15.5. The predicted molar refractivity (Wildman–Crippen MR) is 193 cm³/mol. The number of piperazine rings is 1. The molecule has 0 bridgehead atoms. The van der Waals surface area contributed by atoms with Crippen molar-refractivity contribution in [3.05, 3.63) is 92.5 Å². The van der Waals surface area contributed by atoms with E-state index in [-0.39, 0.29) is 36.1 Å². The smallest absolute Gasteiger partial charge is 0.300 e. The zero-order chi connectivity index (χ0) is 33.8. The lowest BCUT2D eigenvalue weighted by Crippen LogP contribution is -2.59. The van der Waals surface area contributed by atoms with Crippen molar-refractivity contribution in [2.75, 3.05) is 43.1 Å². The van der Waals surface area contributed by atoms with Gasteiger partial charge in [0.15, 0.2) is 17.2 Å². The summed E-state index contributed by atoms with van der Waals surface area (Å²) in [6, 6.07) is 8.09. The fraction of sp³-hybridized carbons (Fsp3) is 0.400. The largest absolute Gasteiger partial charge is 0.392 e. The van der Waals surface area contributed by atoms with Gasteiger partial charge >= 0.3 is 0 Å². The van der Waals surface area contributed by atoms with Gasteiger partial charge in [0.1, 0.15) is 17.8 Å². The lowest BCUT2D eigenvalue weighted by atomic mass is 9.98. The molecule has 13 nitrogen and oxygen atoms in total. The van der Waals surface area contributed by atoms with Gasteiger partial charge in [0.05, 0.1) is 37.7 Å². The molecule has 1 aliphatic carbocycles. The third-order valence-corrected chi connectivity index (χ3v) is 10.1. The zero-order valence-corrected chi connectivity index (χ0v) is 29.0. The summed E-state index contributed by atoms with van der Waals surface area (Å²) in [6.07, 6.45) is 9.46. The number of aliphatic hydroxyl groups excluding tert-OH is 1. The van der Waals surface area contributed by atoms with Gasteiger partial charge in [-0.1, -0.05) is 0 Å². The van der Waals surface area contributed by atoms with Gasteiger partial charge in [-0.2, -0.15) is 23.3 Å². The van der Waals surface area contributed by atoms with Crippen LogP contribution in [0.3, 0.4) is 0 Å². The average molecular weight is 702 g/mol. The average Bonchev–Trinajstić information content (AvgIpc) is 3.38. The van der Waals surface area contributed by atoms with Crippen LogP contribution in [0.4, 0.5) is 21.6 Å². The maximum Gasteiger partial charge on any atom is 0.300 e. The van der Waals surface area contributed by atoms with Gasteiger partial charge in [0.2, 0.25) is 0 Å². The van der Waals surface area contributed by atoms with E-state index in [1.807, 2.05) is 18.3 Å². The lowest BCUT2D eigenvalue weighted by Gasteiger charge is -2.46. The topological polar surface area (TPSA) is 135 Å². The Morgan fingerprint density at radius 3 is 2.62 bits per heavy atom. The standard InChI is InChI=1S/C35H38FN9O4.H2S/c1-21-15-42(24-18-49-19-24)11-12-43(21)23-7-8-30(38-14-23)40-28-13-22(16-41(2)34(28)47)25-9-10-37-33(27(25)17-46)45-35(48)32-31(36)26-5-3-4-6-29(26)44(32)20-39-45;/h7-10,13-14,16,20-21,24,46H,3-6,11-12,15,17-19H2,1-2H3,(H,38,40);1H2/t21-;/m0./s1. The van der Waals surface area contributed by atoms with Crippen LogP contribution in [-0.4, -0.2) is 83.7 Å². The van der Waals surface area contributed by atoms with E-state index in [0.717, 1.165) is 61.8 Å². The number of nitrogens with one attached hydrogen (secondary N) is 1. The molecule has 7 heterocycles. The van der Waals surface area contributed by atoms with Gasteiger partial charge in [-0.15, -0.1) is 0 Å². The highest BCUT2D eigenvalue weighted by atomic mass is 32.1. The number of aromatic nitrogens is 6. The first-order chi connectivity index (χ1) is 23.8. The third kappa shape index (κ3) is 5.77. The van der Waals surface area contributed by atoms with Gasteiger partial charge in [-0.05, 0) is 62.4 Å². The minimum Gasteiger partial charge on any atom is -0.392 e. The van der Waals surface area contributed by atoms with Crippen molar-refractivity contribution in [3.8, 4) is 16.9 Å². The highest BCUT2D eigenvalue weighted by molar-refractivity contribution is 7.59. The molecule has 2 saturated heterocycles. The normalized spacial score (nSPS) is 18.1. The van der Waals surface area contributed by atoms with Crippen LogP contribution in [-0.2, 0) is 31.2 Å². The van der Waals surface area contributed by atoms with Crippen molar-refractivity contribution in [2.45, 2.75) is 51.3 Å². The van der Waals surface area contributed by atoms with E-state index in [2.05, 4.69) is 37.1 Å². The minimum absolute atomic E-state index is 0. The van der Waals surface area contributed by atoms with Crippen molar-refractivity contribution >= 4 is 36.2 Å². The number of aliphatic hydroxyl groups is 1.